The fourth-order valence-corrected chi connectivity index (χ4v) is 2.07. The number of aromatic nitrogens is 2. The normalized spacial score (nSPS) is 10.7. The summed E-state index contributed by atoms with van der Waals surface area (Å²) in [6.07, 6.45) is 6.48. The smallest absolute Gasteiger partial charge is 0.126 e. The van der Waals surface area contributed by atoms with Crippen molar-refractivity contribution in [2.45, 2.75) is 39.2 Å². The van der Waals surface area contributed by atoms with Crippen molar-refractivity contribution in [3.8, 4) is 0 Å². The van der Waals surface area contributed by atoms with Crippen LogP contribution in [0.4, 0.5) is 5.82 Å². The molecule has 2 rings (SSSR count). The molecule has 0 radical (unpaired) electrons. The van der Waals surface area contributed by atoms with Crippen molar-refractivity contribution >= 4 is 5.82 Å². The van der Waals surface area contributed by atoms with Gasteiger partial charge in [-0.15, -0.1) is 0 Å². The van der Waals surface area contributed by atoms with Gasteiger partial charge in [0.15, 0.2) is 0 Å². The highest BCUT2D eigenvalue weighted by atomic mass is 15.1. The van der Waals surface area contributed by atoms with Crippen molar-refractivity contribution in [2.75, 3.05) is 5.73 Å². The Kier molecular flexibility index (Phi) is 4.40. The fourth-order valence-electron chi connectivity index (χ4n) is 2.07. The highest BCUT2D eigenvalue weighted by molar-refractivity contribution is 5.37. The molecule has 3 nitrogen and oxygen atoms in total. The van der Waals surface area contributed by atoms with E-state index >= 15 is 0 Å². The summed E-state index contributed by atoms with van der Waals surface area (Å²) in [4.78, 5) is 4.42. The van der Waals surface area contributed by atoms with Crippen LogP contribution >= 0.6 is 0 Å². The standard InChI is InChI=1S/C15H21N3/c1-2-3-5-10-14-15(16)18(12-17-14)11-13-8-6-4-7-9-13/h4,6-9,12H,2-3,5,10-11,16H2,1H3. The number of hydrogen-bond acceptors (Lipinski definition) is 2. The van der Waals surface area contributed by atoms with E-state index in [1.54, 1.807) is 0 Å². The maximum atomic E-state index is 6.13. The molecule has 0 aliphatic rings. The molecule has 0 atom stereocenters. The van der Waals surface area contributed by atoms with Crippen LogP contribution < -0.4 is 5.73 Å². The van der Waals surface area contributed by atoms with Gasteiger partial charge in [-0.3, -0.25) is 0 Å². The van der Waals surface area contributed by atoms with Gasteiger partial charge < -0.3 is 10.3 Å². The molecule has 1 heterocycles. The lowest BCUT2D eigenvalue weighted by Crippen LogP contribution is -2.04. The Morgan fingerprint density at radius 1 is 1.17 bits per heavy atom. The fraction of sp³-hybridized carbons (Fsp3) is 0.400. The first kappa shape index (κ1) is 12.7. The SMILES string of the molecule is CCCCCc1ncn(Cc2ccccc2)c1N. The Bertz CT molecular complexity index is 474. The number of aryl methyl sites for hydroxylation is 1. The van der Waals surface area contributed by atoms with Gasteiger partial charge in [-0.1, -0.05) is 50.1 Å². The minimum Gasteiger partial charge on any atom is -0.384 e. The topological polar surface area (TPSA) is 43.8 Å². The van der Waals surface area contributed by atoms with Crippen LogP contribution in [0.15, 0.2) is 36.7 Å². The van der Waals surface area contributed by atoms with E-state index < -0.39 is 0 Å². The first-order valence-corrected chi connectivity index (χ1v) is 6.64. The number of benzene rings is 1. The predicted molar refractivity (Wildman–Crippen MR) is 75.4 cm³/mol. The number of nitrogens with two attached hydrogens (primary N) is 1. The van der Waals surface area contributed by atoms with E-state index in [1.807, 2.05) is 29.1 Å². The van der Waals surface area contributed by atoms with Gasteiger partial charge in [0.25, 0.3) is 0 Å². The summed E-state index contributed by atoms with van der Waals surface area (Å²) in [5.74, 6) is 0.815. The maximum Gasteiger partial charge on any atom is 0.126 e. The van der Waals surface area contributed by atoms with E-state index in [1.165, 1.54) is 24.8 Å². The van der Waals surface area contributed by atoms with E-state index in [0.29, 0.717) is 0 Å². The lowest BCUT2D eigenvalue weighted by atomic mass is 10.1. The largest absolute Gasteiger partial charge is 0.384 e. The van der Waals surface area contributed by atoms with Crippen molar-refractivity contribution in [1.29, 1.82) is 0 Å². The van der Waals surface area contributed by atoms with Crippen LogP contribution in [-0.2, 0) is 13.0 Å². The molecule has 0 fully saturated rings. The van der Waals surface area contributed by atoms with Gasteiger partial charge in [0.2, 0.25) is 0 Å². The monoisotopic (exact) mass is 243 g/mol. The van der Waals surface area contributed by atoms with Crippen LogP contribution in [0.5, 0.6) is 0 Å². The van der Waals surface area contributed by atoms with Gasteiger partial charge in [-0.05, 0) is 18.4 Å². The molecular formula is C15H21N3. The Balaban J connectivity index is 2.02. The molecule has 18 heavy (non-hydrogen) atoms. The number of nitrogen functional groups attached to an aromatic ring is 1. The van der Waals surface area contributed by atoms with Gasteiger partial charge in [-0.25, -0.2) is 4.98 Å². The van der Waals surface area contributed by atoms with E-state index in [2.05, 4.69) is 24.0 Å². The van der Waals surface area contributed by atoms with E-state index in [0.717, 1.165) is 24.5 Å². The molecule has 2 N–H and O–H groups in total. The van der Waals surface area contributed by atoms with Crippen molar-refractivity contribution in [3.05, 3.63) is 47.9 Å². The van der Waals surface area contributed by atoms with Crippen molar-refractivity contribution in [2.24, 2.45) is 0 Å². The minimum absolute atomic E-state index is 0.799. The molecule has 0 saturated heterocycles. The van der Waals surface area contributed by atoms with Crippen molar-refractivity contribution in [3.63, 3.8) is 0 Å². The van der Waals surface area contributed by atoms with Crippen molar-refractivity contribution < 1.29 is 0 Å². The quantitative estimate of drug-likeness (QED) is 0.791. The molecule has 3 heteroatoms. The second kappa shape index (κ2) is 6.24. The molecule has 1 aromatic carbocycles. The molecule has 0 spiro atoms. The van der Waals surface area contributed by atoms with E-state index in [9.17, 15) is 0 Å². The zero-order chi connectivity index (χ0) is 12.8. The number of imidazole rings is 1. The molecule has 0 aliphatic carbocycles. The van der Waals surface area contributed by atoms with Crippen LogP contribution in [0.1, 0.15) is 37.4 Å². The molecule has 1 aromatic heterocycles. The second-order valence-electron chi connectivity index (χ2n) is 4.65. The molecule has 0 bridgehead atoms. The zero-order valence-electron chi connectivity index (χ0n) is 11.0. The van der Waals surface area contributed by atoms with E-state index in [-0.39, 0.29) is 0 Å². The number of rotatable bonds is 6. The molecular weight excluding hydrogens is 222 g/mol. The predicted octanol–water partition coefficient (Wildman–Crippen LogP) is 3.25. The molecule has 0 amide bonds. The molecule has 0 saturated carbocycles. The Hall–Kier alpha value is -1.77. The van der Waals surface area contributed by atoms with Gasteiger partial charge >= 0.3 is 0 Å². The van der Waals surface area contributed by atoms with Crippen LogP contribution in [0.25, 0.3) is 0 Å². The third-order valence-electron chi connectivity index (χ3n) is 3.17. The average Bonchev–Trinajstić information content (AvgIpc) is 2.73. The first-order valence-electron chi connectivity index (χ1n) is 6.64. The summed E-state index contributed by atoms with van der Waals surface area (Å²) in [7, 11) is 0. The minimum atomic E-state index is 0.799. The van der Waals surface area contributed by atoms with Gasteiger partial charge in [0.05, 0.1) is 18.6 Å². The van der Waals surface area contributed by atoms with Crippen LogP contribution in [0.3, 0.4) is 0 Å². The third-order valence-corrected chi connectivity index (χ3v) is 3.17. The summed E-state index contributed by atoms with van der Waals surface area (Å²) < 4.78 is 2.02. The molecule has 96 valence electrons. The highest BCUT2D eigenvalue weighted by Crippen LogP contribution is 2.15. The Morgan fingerprint density at radius 3 is 2.67 bits per heavy atom. The van der Waals surface area contributed by atoms with Crippen LogP contribution in [-0.4, -0.2) is 9.55 Å². The molecule has 2 aromatic rings. The van der Waals surface area contributed by atoms with Gasteiger partial charge in [-0.2, -0.15) is 0 Å². The highest BCUT2D eigenvalue weighted by Gasteiger charge is 2.07. The molecule has 0 aliphatic heterocycles. The summed E-state index contributed by atoms with van der Waals surface area (Å²) in [6.45, 7) is 3.00. The van der Waals surface area contributed by atoms with Crippen LogP contribution in [0, 0.1) is 0 Å². The lowest BCUT2D eigenvalue weighted by molar-refractivity contribution is 0.710. The summed E-state index contributed by atoms with van der Waals surface area (Å²) in [5.41, 5.74) is 8.43. The lowest BCUT2D eigenvalue weighted by Gasteiger charge is -2.05. The molecule has 0 unspecified atom stereocenters. The summed E-state index contributed by atoms with van der Waals surface area (Å²) in [6, 6.07) is 10.3. The number of nitrogens with zero attached hydrogens (tertiary/aromatic N) is 2. The zero-order valence-corrected chi connectivity index (χ0v) is 11.0. The van der Waals surface area contributed by atoms with Gasteiger partial charge in [0, 0.05) is 0 Å². The second-order valence-corrected chi connectivity index (χ2v) is 4.65. The Labute approximate surface area is 109 Å². The van der Waals surface area contributed by atoms with Gasteiger partial charge in [0.1, 0.15) is 5.82 Å². The number of anilines is 1. The Morgan fingerprint density at radius 2 is 1.94 bits per heavy atom. The van der Waals surface area contributed by atoms with Crippen LogP contribution in [0.2, 0.25) is 0 Å². The van der Waals surface area contributed by atoms with Crippen molar-refractivity contribution in [1.82, 2.24) is 9.55 Å². The first-order chi connectivity index (χ1) is 8.81. The number of unbranched alkanes of at least 4 members (excludes halogenated alkanes) is 2. The number of hydrogen-bond donors (Lipinski definition) is 1. The third kappa shape index (κ3) is 3.13. The summed E-state index contributed by atoms with van der Waals surface area (Å²) in [5, 5.41) is 0. The average molecular weight is 243 g/mol. The summed E-state index contributed by atoms with van der Waals surface area (Å²) >= 11 is 0. The maximum absolute atomic E-state index is 6.13. The van der Waals surface area contributed by atoms with E-state index in [4.69, 9.17) is 5.73 Å².